The molecule has 35 heavy (non-hydrogen) atoms. The molecular weight excluding hydrogens is 511 g/mol. The Morgan fingerprint density at radius 3 is 2.34 bits per heavy atom. The first kappa shape index (κ1) is 25.2. The van der Waals surface area contributed by atoms with Gasteiger partial charge in [-0.2, -0.15) is 4.31 Å². The monoisotopic (exact) mass is 532 g/mol. The lowest BCUT2D eigenvalue weighted by Gasteiger charge is -2.16. The second-order valence-corrected chi connectivity index (χ2v) is 10.7. The number of nitrogens with one attached hydrogen (secondary N) is 1. The van der Waals surface area contributed by atoms with Crippen molar-refractivity contribution in [1.82, 2.24) is 4.31 Å². The molecule has 0 saturated carbocycles. The average Bonchev–Trinajstić information content (AvgIpc) is 3.40. The molecule has 7 nitrogen and oxygen atoms in total. The van der Waals surface area contributed by atoms with Gasteiger partial charge in [0, 0.05) is 29.2 Å². The molecule has 0 bridgehead atoms. The first-order valence-electron chi connectivity index (χ1n) is 10.9. The fourth-order valence-electron chi connectivity index (χ4n) is 3.72. The maximum Gasteiger partial charge on any atom is 0.262 e. The summed E-state index contributed by atoms with van der Waals surface area (Å²) in [4.78, 5) is 25.6. The Labute approximate surface area is 213 Å². The van der Waals surface area contributed by atoms with Gasteiger partial charge in [-0.1, -0.05) is 53.5 Å². The molecule has 0 unspecified atom stereocenters. The molecule has 1 N–H and O–H groups in total. The van der Waals surface area contributed by atoms with E-state index in [1.807, 2.05) is 0 Å². The van der Waals surface area contributed by atoms with Crippen molar-refractivity contribution in [3.05, 3.63) is 87.9 Å². The zero-order chi connectivity index (χ0) is 25.0. The van der Waals surface area contributed by atoms with Crippen LogP contribution in [0.25, 0.3) is 0 Å². The molecule has 1 amide bonds. The summed E-state index contributed by atoms with van der Waals surface area (Å²) in [6.45, 7) is 0.565. The predicted octanol–water partition coefficient (Wildman–Crippen LogP) is 5.03. The summed E-state index contributed by atoms with van der Waals surface area (Å²) in [6, 6.07) is 17.4. The molecule has 0 aliphatic carbocycles. The molecule has 0 aromatic heterocycles. The van der Waals surface area contributed by atoms with Crippen molar-refractivity contribution in [3.8, 4) is 5.75 Å². The summed E-state index contributed by atoms with van der Waals surface area (Å²) in [5.41, 5.74) is 0.985. The van der Waals surface area contributed by atoms with Crippen LogP contribution >= 0.6 is 23.2 Å². The standard InChI is InChI=1S/C25H22Cl2N2O5S/c26-18-8-10-22(20(14-18)25(31)17-6-2-1-3-7-17)28-24(30)16-34-23-11-9-19(15-21(23)27)35(32,33)29-12-4-5-13-29/h1-3,6-11,14-15H,4-5,12-13,16H2,(H,28,30). The third-order valence-electron chi connectivity index (χ3n) is 5.50. The topological polar surface area (TPSA) is 92.8 Å². The minimum atomic E-state index is -3.62. The van der Waals surface area contributed by atoms with Gasteiger partial charge in [0.1, 0.15) is 5.75 Å². The number of nitrogens with zero attached hydrogens (tertiary/aromatic N) is 1. The highest BCUT2D eigenvalue weighted by atomic mass is 35.5. The third kappa shape index (κ3) is 5.85. The van der Waals surface area contributed by atoms with E-state index in [1.54, 1.807) is 42.5 Å². The number of anilines is 1. The third-order valence-corrected chi connectivity index (χ3v) is 7.93. The van der Waals surface area contributed by atoms with Gasteiger partial charge in [0.05, 0.1) is 15.6 Å². The van der Waals surface area contributed by atoms with Crippen molar-refractivity contribution in [3.63, 3.8) is 0 Å². The maximum atomic E-state index is 12.9. The van der Waals surface area contributed by atoms with E-state index >= 15 is 0 Å². The van der Waals surface area contributed by atoms with E-state index in [9.17, 15) is 18.0 Å². The number of carbonyl (C=O) groups excluding carboxylic acids is 2. The number of sulfonamides is 1. The van der Waals surface area contributed by atoms with E-state index < -0.39 is 22.5 Å². The van der Waals surface area contributed by atoms with E-state index in [4.69, 9.17) is 27.9 Å². The number of ether oxygens (including phenoxy) is 1. The van der Waals surface area contributed by atoms with Crippen LogP contribution in [0.15, 0.2) is 71.6 Å². The normalized spacial score (nSPS) is 14.0. The van der Waals surface area contributed by atoms with Gasteiger partial charge < -0.3 is 10.1 Å². The molecular formula is C25H22Cl2N2O5S. The predicted molar refractivity (Wildman–Crippen MR) is 135 cm³/mol. The van der Waals surface area contributed by atoms with Crippen molar-refractivity contribution < 1.29 is 22.7 Å². The summed E-state index contributed by atoms with van der Waals surface area (Å²) < 4.78 is 32.3. The van der Waals surface area contributed by atoms with Gasteiger partial charge in [0.15, 0.2) is 12.4 Å². The molecule has 3 aromatic carbocycles. The lowest BCUT2D eigenvalue weighted by molar-refractivity contribution is -0.118. The Morgan fingerprint density at radius 1 is 0.943 bits per heavy atom. The van der Waals surface area contributed by atoms with Gasteiger partial charge in [0.25, 0.3) is 5.91 Å². The summed E-state index contributed by atoms with van der Waals surface area (Å²) >= 11 is 12.3. The zero-order valence-corrected chi connectivity index (χ0v) is 20.9. The van der Waals surface area contributed by atoms with Crippen LogP contribution in [-0.4, -0.2) is 44.1 Å². The van der Waals surface area contributed by atoms with Crippen LogP contribution in [0.5, 0.6) is 5.75 Å². The van der Waals surface area contributed by atoms with Crippen LogP contribution in [0.3, 0.4) is 0 Å². The molecule has 4 rings (SSSR count). The Bertz CT molecular complexity index is 1360. The quantitative estimate of drug-likeness (QED) is 0.411. The molecule has 1 heterocycles. The number of rotatable bonds is 8. The molecule has 1 saturated heterocycles. The SMILES string of the molecule is O=C(COc1ccc(S(=O)(=O)N2CCCC2)cc1Cl)Nc1ccc(Cl)cc1C(=O)c1ccccc1. The summed E-state index contributed by atoms with van der Waals surface area (Å²) in [5.74, 6) is -0.652. The Hall–Kier alpha value is -2.91. The smallest absolute Gasteiger partial charge is 0.262 e. The Morgan fingerprint density at radius 2 is 1.66 bits per heavy atom. The van der Waals surface area contributed by atoms with Crippen molar-refractivity contribution in [2.75, 3.05) is 25.0 Å². The van der Waals surface area contributed by atoms with Crippen LogP contribution in [0, 0.1) is 0 Å². The molecule has 10 heteroatoms. The van der Waals surface area contributed by atoms with Gasteiger partial charge >= 0.3 is 0 Å². The lowest BCUT2D eigenvalue weighted by atomic mass is 10.0. The van der Waals surface area contributed by atoms with E-state index in [0.29, 0.717) is 23.7 Å². The van der Waals surface area contributed by atoms with Gasteiger partial charge in [-0.3, -0.25) is 9.59 Å². The number of hydrogen-bond acceptors (Lipinski definition) is 5. The second-order valence-electron chi connectivity index (χ2n) is 7.93. The number of hydrogen-bond donors (Lipinski definition) is 1. The van der Waals surface area contributed by atoms with Crippen LogP contribution in [0.4, 0.5) is 5.69 Å². The van der Waals surface area contributed by atoms with Gasteiger partial charge in [-0.25, -0.2) is 8.42 Å². The first-order chi connectivity index (χ1) is 16.8. The molecule has 0 radical (unpaired) electrons. The van der Waals surface area contributed by atoms with Gasteiger partial charge in [0.2, 0.25) is 10.0 Å². The van der Waals surface area contributed by atoms with Crippen LogP contribution in [0.1, 0.15) is 28.8 Å². The molecule has 3 aromatic rings. The van der Waals surface area contributed by atoms with E-state index in [-0.39, 0.29) is 32.7 Å². The molecule has 182 valence electrons. The largest absolute Gasteiger partial charge is 0.482 e. The Kier molecular flexibility index (Phi) is 7.76. The lowest BCUT2D eigenvalue weighted by Crippen LogP contribution is -2.27. The van der Waals surface area contributed by atoms with Crippen LogP contribution in [-0.2, 0) is 14.8 Å². The minimum Gasteiger partial charge on any atom is -0.482 e. The van der Waals surface area contributed by atoms with Gasteiger partial charge in [-0.15, -0.1) is 0 Å². The van der Waals surface area contributed by atoms with Crippen molar-refractivity contribution >= 4 is 50.6 Å². The van der Waals surface area contributed by atoms with E-state index in [1.165, 1.54) is 28.6 Å². The second kappa shape index (κ2) is 10.8. The molecule has 0 atom stereocenters. The van der Waals surface area contributed by atoms with Crippen molar-refractivity contribution in [1.29, 1.82) is 0 Å². The number of ketones is 1. The minimum absolute atomic E-state index is 0.0736. The fraction of sp³-hybridized carbons (Fsp3) is 0.200. The average molecular weight is 533 g/mol. The highest BCUT2D eigenvalue weighted by Crippen LogP contribution is 2.30. The number of halogens is 2. The van der Waals surface area contributed by atoms with E-state index in [0.717, 1.165) is 12.8 Å². The first-order valence-corrected chi connectivity index (χ1v) is 13.1. The number of benzene rings is 3. The highest BCUT2D eigenvalue weighted by Gasteiger charge is 2.27. The Balaban J connectivity index is 1.44. The number of amides is 1. The summed E-state index contributed by atoms with van der Waals surface area (Å²) in [6.07, 6.45) is 1.66. The highest BCUT2D eigenvalue weighted by molar-refractivity contribution is 7.89. The van der Waals surface area contributed by atoms with E-state index in [2.05, 4.69) is 5.32 Å². The van der Waals surface area contributed by atoms with Crippen molar-refractivity contribution in [2.24, 2.45) is 0 Å². The van der Waals surface area contributed by atoms with Crippen LogP contribution in [0.2, 0.25) is 10.0 Å². The summed E-state index contributed by atoms with van der Waals surface area (Å²) in [7, 11) is -3.62. The molecule has 1 aliphatic rings. The summed E-state index contributed by atoms with van der Waals surface area (Å²) in [5, 5.41) is 3.09. The van der Waals surface area contributed by atoms with Crippen molar-refractivity contribution in [2.45, 2.75) is 17.7 Å². The fourth-order valence-corrected chi connectivity index (χ4v) is 5.74. The molecule has 0 spiro atoms. The maximum absolute atomic E-state index is 12.9. The molecule has 1 aliphatic heterocycles. The zero-order valence-electron chi connectivity index (χ0n) is 18.5. The molecule has 1 fully saturated rings. The van der Waals surface area contributed by atoms with Crippen LogP contribution < -0.4 is 10.1 Å². The van der Waals surface area contributed by atoms with Gasteiger partial charge in [-0.05, 0) is 49.2 Å². The number of carbonyl (C=O) groups is 2.